The largest absolute Gasteiger partial charge is 0.391 e. The van der Waals surface area contributed by atoms with Crippen LogP contribution in [-0.4, -0.2) is 40.9 Å². The van der Waals surface area contributed by atoms with Gasteiger partial charge in [-0.2, -0.15) is 0 Å². The second-order valence-corrected chi connectivity index (χ2v) is 6.12. The fourth-order valence-corrected chi connectivity index (χ4v) is 3.14. The summed E-state index contributed by atoms with van der Waals surface area (Å²) < 4.78 is 0. The van der Waals surface area contributed by atoms with Crippen molar-refractivity contribution >= 4 is 0 Å². The number of aryl methyl sites for hydroxylation is 1. The van der Waals surface area contributed by atoms with E-state index in [4.69, 9.17) is 0 Å². The third-order valence-electron chi connectivity index (χ3n) is 4.44. The van der Waals surface area contributed by atoms with Crippen molar-refractivity contribution in [3.8, 4) is 0 Å². The molecule has 0 saturated heterocycles. The summed E-state index contributed by atoms with van der Waals surface area (Å²) in [5.74, 6) is 0. The number of hydrogen-bond acceptors (Lipinski definition) is 3. The summed E-state index contributed by atoms with van der Waals surface area (Å²) in [6.45, 7) is 2.86. The van der Waals surface area contributed by atoms with Crippen LogP contribution in [0.4, 0.5) is 0 Å². The van der Waals surface area contributed by atoms with Gasteiger partial charge in [-0.05, 0) is 38.8 Å². The number of aliphatic hydroxyl groups is 2. The molecule has 0 heterocycles. The molecule has 0 amide bonds. The van der Waals surface area contributed by atoms with Crippen molar-refractivity contribution in [1.29, 1.82) is 0 Å². The minimum Gasteiger partial charge on any atom is -0.391 e. The lowest BCUT2D eigenvalue weighted by atomic mass is 9.91. The van der Waals surface area contributed by atoms with E-state index in [1.807, 2.05) is 31.2 Å². The Labute approximate surface area is 122 Å². The van der Waals surface area contributed by atoms with Crippen LogP contribution in [0.15, 0.2) is 24.3 Å². The Morgan fingerprint density at radius 2 is 2.05 bits per heavy atom. The maximum absolute atomic E-state index is 10.3. The van der Waals surface area contributed by atoms with E-state index in [9.17, 15) is 10.2 Å². The summed E-state index contributed by atoms with van der Waals surface area (Å²) >= 11 is 0. The Balaban J connectivity index is 1.84. The van der Waals surface area contributed by atoms with Gasteiger partial charge in [-0.1, -0.05) is 42.7 Å². The first-order valence-corrected chi connectivity index (χ1v) is 7.71. The average Bonchev–Trinajstić information content (AvgIpc) is 2.45. The fraction of sp³-hybridized carbons (Fsp3) is 0.647. The highest BCUT2D eigenvalue weighted by molar-refractivity contribution is 5.23. The van der Waals surface area contributed by atoms with Crippen LogP contribution in [0.3, 0.4) is 0 Å². The standard InChI is InChI=1S/C17H27NO2/c1-13-6-5-7-14(12-13)16(19)10-11-18(2)15-8-3-4-9-17(15)20/h5-7,12,15-17,19-20H,3-4,8-11H2,1-2H3. The molecule has 1 saturated carbocycles. The van der Waals surface area contributed by atoms with Crippen LogP contribution in [0.25, 0.3) is 0 Å². The molecular formula is C17H27NO2. The third kappa shape index (κ3) is 4.05. The van der Waals surface area contributed by atoms with Crippen LogP contribution >= 0.6 is 0 Å². The van der Waals surface area contributed by atoms with E-state index in [0.717, 1.165) is 31.4 Å². The van der Waals surface area contributed by atoms with Crippen LogP contribution in [0.1, 0.15) is 49.3 Å². The molecule has 3 nitrogen and oxygen atoms in total. The molecule has 20 heavy (non-hydrogen) atoms. The van der Waals surface area contributed by atoms with Crippen molar-refractivity contribution in [3.63, 3.8) is 0 Å². The molecule has 1 aliphatic carbocycles. The summed E-state index contributed by atoms with van der Waals surface area (Å²) in [7, 11) is 2.06. The van der Waals surface area contributed by atoms with Gasteiger partial charge < -0.3 is 15.1 Å². The molecule has 112 valence electrons. The van der Waals surface area contributed by atoms with Crippen LogP contribution in [0, 0.1) is 6.92 Å². The summed E-state index contributed by atoms with van der Waals surface area (Å²) in [6, 6.07) is 8.31. The second-order valence-electron chi connectivity index (χ2n) is 6.12. The smallest absolute Gasteiger partial charge is 0.0802 e. The van der Waals surface area contributed by atoms with Crippen molar-refractivity contribution < 1.29 is 10.2 Å². The van der Waals surface area contributed by atoms with Crippen molar-refractivity contribution in [3.05, 3.63) is 35.4 Å². The number of benzene rings is 1. The van der Waals surface area contributed by atoms with Crippen LogP contribution in [0.2, 0.25) is 0 Å². The summed E-state index contributed by atoms with van der Waals surface area (Å²) in [4.78, 5) is 2.21. The van der Waals surface area contributed by atoms with Crippen molar-refractivity contribution in [2.45, 2.75) is 57.3 Å². The van der Waals surface area contributed by atoms with Crippen LogP contribution < -0.4 is 0 Å². The van der Waals surface area contributed by atoms with E-state index in [-0.39, 0.29) is 12.1 Å². The lowest BCUT2D eigenvalue weighted by Crippen LogP contribution is -2.43. The lowest BCUT2D eigenvalue weighted by molar-refractivity contribution is 0.0253. The van der Waals surface area contributed by atoms with Gasteiger partial charge in [0.15, 0.2) is 0 Å². The number of hydrogen-bond donors (Lipinski definition) is 2. The molecule has 0 radical (unpaired) electrons. The van der Waals surface area contributed by atoms with Gasteiger partial charge in [0.2, 0.25) is 0 Å². The zero-order valence-corrected chi connectivity index (χ0v) is 12.6. The molecular weight excluding hydrogens is 250 g/mol. The first-order valence-electron chi connectivity index (χ1n) is 7.71. The maximum atomic E-state index is 10.3. The van der Waals surface area contributed by atoms with Gasteiger partial charge in [-0.3, -0.25) is 0 Å². The van der Waals surface area contributed by atoms with Crippen LogP contribution in [-0.2, 0) is 0 Å². The molecule has 3 heteroatoms. The number of nitrogens with zero attached hydrogens (tertiary/aromatic N) is 1. The van der Waals surface area contributed by atoms with Crippen molar-refractivity contribution in [2.75, 3.05) is 13.6 Å². The Bertz CT molecular complexity index is 421. The topological polar surface area (TPSA) is 43.7 Å². The van der Waals surface area contributed by atoms with E-state index < -0.39 is 6.10 Å². The van der Waals surface area contributed by atoms with Gasteiger partial charge >= 0.3 is 0 Å². The predicted molar refractivity (Wildman–Crippen MR) is 81.6 cm³/mol. The molecule has 2 N–H and O–H groups in total. The van der Waals surface area contributed by atoms with E-state index in [1.54, 1.807) is 0 Å². The Morgan fingerprint density at radius 3 is 2.75 bits per heavy atom. The molecule has 1 aromatic carbocycles. The number of rotatable bonds is 5. The normalized spacial score (nSPS) is 24.9. The minimum absolute atomic E-state index is 0.204. The lowest BCUT2D eigenvalue weighted by Gasteiger charge is -2.35. The monoisotopic (exact) mass is 277 g/mol. The van der Waals surface area contributed by atoms with Crippen LogP contribution in [0.5, 0.6) is 0 Å². The Morgan fingerprint density at radius 1 is 1.30 bits per heavy atom. The van der Waals surface area contributed by atoms with E-state index >= 15 is 0 Å². The quantitative estimate of drug-likeness (QED) is 0.869. The van der Waals surface area contributed by atoms with Gasteiger partial charge in [-0.15, -0.1) is 0 Å². The molecule has 1 aromatic rings. The highest BCUT2D eigenvalue weighted by Crippen LogP contribution is 2.24. The highest BCUT2D eigenvalue weighted by Gasteiger charge is 2.26. The first-order chi connectivity index (χ1) is 9.58. The molecule has 3 atom stereocenters. The fourth-order valence-electron chi connectivity index (χ4n) is 3.14. The second kappa shape index (κ2) is 7.21. The predicted octanol–water partition coefficient (Wildman–Crippen LogP) is 2.65. The SMILES string of the molecule is Cc1cccc(C(O)CCN(C)C2CCCCC2O)c1. The molecule has 1 fully saturated rings. The minimum atomic E-state index is -0.418. The van der Waals surface area contributed by atoms with E-state index in [1.165, 1.54) is 12.0 Å². The van der Waals surface area contributed by atoms with Gasteiger partial charge in [-0.25, -0.2) is 0 Å². The van der Waals surface area contributed by atoms with E-state index in [2.05, 4.69) is 11.9 Å². The maximum Gasteiger partial charge on any atom is 0.0802 e. The molecule has 2 rings (SSSR count). The highest BCUT2D eigenvalue weighted by atomic mass is 16.3. The van der Waals surface area contributed by atoms with Crippen molar-refractivity contribution in [1.82, 2.24) is 4.90 Å². The van der Waals surface area contributed by atoms with Crippen molar-refractivity contribution in [2.24, 2.45) is 0 Å². The summed E-state index contributed by atoms with van der Waals surface area (Å²) in [5, 5.41) is 20.3. The Hall–Kier alpha value is -0.900. The van der Waals surface area contributed by atoms with Gasteiger partial charge in [0.1, 0.15) is 0 Å². The average molecular weight is 277 g/mol. The summed E-state index contributed by atoms with van der Waals surface area (Å²) in [5.41, 5.74) is 2.17. The van der Waals surface area contributed by atoms with Gasteiger partial charge in [0.25, 0.3) is 0 Å². The molecule has 1 aliphatic rings. The molecule has 0 spiro atoms. The molecule has 0 bridgehead atoms. The molecule has 0 aromatic heterocycles. The number of likely N-dealkylation sites (N-methyl/N-ethyl adjacent to an activating group) is 1. The molecule has 3 unspecified atom stereocenters. The van der Waals surface area contributed by atoms with Gasteiger partial charge in [0, 0.05) is 12.6 Å². The Kier molecular flexibility index (Phi) is 5.58. The molecule has 0 aliphatic heterocycles. The zero-order valence-electron chi connectivity index (χ0n) is 12.6. The van der Waals surface area contributed by atoms with Gasteiger partial charge in [0.05, 0.1) is 12.2 Å². The van der Waals surface area contributed by atoms with E-state index in [0.29, 0.717) is 6.42 Å². The zero-order chi connectivity index (χ0) is 14.5. The third-order valence-corrected chi connectivity index (χ3v) is 4.44. The number of aliphatic hydroxyl groups excluding tert-OH is 2. The first kappa shape index (κ1) is 15.5. The summed E-state index contributed by atoms with van der Waals surface area (Å²) in [6.07, 6.45) is 4.41.